The Morgan fingerprint density at radius 2 is 2.24 bits per heavy atom. The second-order valence-electron chi connectivity index (χ2n) is 4.72. The van der Waals surface area contributed by atoms with Crippen molar-refractivity contribution in [2.24, 2.45) is 5.92 Å². The number of ether oxygens (including phenoxy) is 1. The molecule has 0 aliphatic heterocycles. The first kappa shape index (κ1) is 12.7. The molecule has 1 unspecified atom stereocenters. The maximum absolute atomic E-state index is 6.11. The van der Waals surface area contributed by atoms with Crippen molar-refractivity contribution >= 4 is 11.6 Å². The van der Waals surface area contributed by atoms with E-state index in [0.717, 1.165) is 29.7 Å². The summed E-state index contributed by atoms with van der Waals surface area (Å²) < 4.78 is 5.46. The molecule has 2 nitrogen and oxygen atoms in total. The predicted octanol–water partition coefficient (Wildman–Crippen LogP) is 3.45. The molecule has 1 fully saturated rings. The third-order valence-electron chi connectivity index (χ3n) is 3.49. The van der Waals surface area contributed by atoms with E-state index in [2.05, 4.69) is 11.4 Å². The van der Waals surface area contributed by atoms with Crippen LogP contribution in [-0.2, 0) is 0 Å². The smallest absolute Gasteiger partial charge is 0.122 e. The van der Waals surface area contributed by atoms with Crippen molar-refractivity contribution < 1.29 is 4.74 Å². The third-order valence-corrected chi connectivity index (χ3v) is 3.72. The molecular weight excluding hydrogens is 234 g/mol. The van der Waals surface area contributed by atoms with Crippen molar-refractivity contribution in [1.29, 1.82) is 0 Å². The first-order chi connectivity index (χ1) is 8.26. The molecule has 0 radical (unpaired) electrons. The molecule has 1 aliphatic rings. The molecule has 1 atom stereocenters. The summed E-state index contributed by atoms with van der Waals surface area (Å²) in [7, 11) is 3.73. The van der Waals surface area contributed by atoms with Gasteiger partial charge in [0.1, 0.15) is 5.75 Å². The lowest BCUT2D eigenvalue weighted by molar-refractivity contribution is 0.399. The minimum atomic E-state index is 0.580. The fourth-order valence-electron chi connectivity index (χ4n) is 2.44. The molecule has 2 rings (SSSR count). The van der Waals surface area contributed by atoms with Gasteiger partial charge >= 0.3 is 0 Å². The van der Waals surface area contributed by atoms with Gasteiger partial charge in [-0.1, -0.05) is 11.6 Å². The zero-order valence-corrected chi connectivity index (χ0v) is 11.3. The number of rotatable bonds is 6. The van der Waals surface area contributed by atoms with Gasteiger partial charge in [0.05, 0.1) is 7.11 Å². The Hall–Kier alpha value is -0.730. The summed E-state index contributed by atoms with van der Waals surface area (Å²) in [6, 6.07) is 5.94. The van der Waals surface area contributed by atoms with Crippen LogP contribution < -0.4 is 10.1 Å². The van der Waals surface area contributed by atoms with Crippen LogP contribution >= 0.6 is 11.6 Å². The molecule has 0 heterocycles. The molecule has 0 bridgehead atoms. The topological polar surface area (TPSA) is 21.3 Å². The van der Waals surface area contributed by atoms with E-state index >= 15 is 0 Å². The number of methoxy groups -OCH3 is 1. The average Bonchev–Trinajstić information content (AvgIpc) is 3.14. The molecule has 3 heteroatoms. The lowest BCUT2D eigenvalue weighted by atomic mass is 9.90. The Kier molecular flexibility index (Phi) is 4.30. The van der Waals surface area contributed by atoms with Gasteiger partial charge in [-0.2, -0.15) is 0 Å². The van der Waals surface area contributed by atoms with Crippen molar-refractivity contribution in [3.05, 3.63) is 28.8 Å². The minimum Gasteiger partial charge on any atom is -0.496 e. The van der Waals surface area contributed by atoms with Crippen molar-refractivity contribution in [2.75, 3.05) is 20.7 Å². The monoisotopic (exact) mass is 253 g/mol. The molecule has 0 amide bonds. The summed E-state index contributed by atoms with van der Waals surface area (Å²) in [6.45, 7) is 1.04. The highest BCUT2D eigenvalue weighted by atomic mass is 35.5. The van der Waals surface area contributed by atoms with Crippen LogP contribution in [0.25, 0.3) is 0 Å². The average molecular weight is 254 g/mol. The zero-order chi connectivity index (χ0) is 12.3. The maximum atomic E-state index is 6.11. The van der Waals surface area contributed by atoms with Crippen molar-refractivity contribution in [3.63, 3.8) is 0 Å². The van der Waals surface area contributed by atoms with Crippen LogP contribution in [0, 0.1) is 5.92 Å². The van der Waals surface area contributed by atoms with E-state index in [1.807, 2.05) is 19.2 Å². The van der Waals surface area contributed by atoms with Gasteiger partial charge in [0.15, 0.2) is 0 Å². The number of nitrogens with one attached hydrogen (secondary N) is 1. The first-order valence-electron chi connectivity index (χ1n) is 6.24. The van der Waals surface area contributed by atoms with E-state index in [0.29, 0.717) is 5.92 Å². The highest BCUT2D eigenvalue weighted by Crippen LogP contribution is 2.47. The fourth-order valence-corrected chi connectivity index (χ4v) is 2.62. The second kappa shape index (κ2) is 5.74. The van der Waals surface area contributed by atoms with E-state index in [4.69, 9.17) is 16.3 Å². The zero-order valence-electron chi connectivity index (χ0n) is 10.5. The van der Waals surface area contributed by atoms with E-state index in [1.165, 1.54) is 18.4 Å². The molecule has 94 valence electrons. The Labute approximate surface area is 108 Å². The quantitative estimate of drug-likeness (QED) is 0.839. The van der Waals surface area contributed by atoms with Gasteiger partial charge in [0.25, 0.3) is 0 Å². The normalized spacial score (nSPS) is 16.9. The molecule has 1 saturated carbocycles. The molecule has 1 N–H and O–H groups in total. The predicted molar refractivity (Wildman–Crippen MR) is 72.0 cm³/mol. The number of benzene rings is 1. The van der Waals surface area contributed by atoms with Gasteiger partial charge in [-0.05, 0) is 68.5 Å². The molecule has 0 spiro atoms. The summed E-state index contributed by atoms with van der Waals surface area (Å²) in [5.41, 5.74) is 1.28. The highest BCUT2D eigenvalue weighted by Gasteiger charge is 2.33. The van der Waals surface area contributed by atoms with Crippen LogP contribution in [0.5, 0.6) is 5.75 Å². The summed E-state index contributed by atoms with van der Waals surface area (Å²) in [5.74, 6) is 2.37. The lowest BCUT2D eigenvalue weighted by Gasteiger charge is -2.19. The fraction of sp³-hybridized carbons (Fsp3) is 0.571. The first-order valence-corrected chi connectivity index (χ1v) is 6.62. The Morgan fingerprint density at radius 1 is 1.47 bits per heavy atom. The van der Waals surface area contributed by atoms with Crippen LogP contribution in [0.1, 0.15) is 30.7 Å². The summed E-state index contributed by atoms with van der Waals surface area (Å²) in [6.07, 6.45) is 3.83. The van der Waals surface area contributed by atoms with E-state index < -0.39 is 0 Å². The number of halogens is 1. The van der Waals surface area contributed by atoms with Gasteiger partial charge in [-0.3, -0.25) is 0 Å². The standard InChI is InChI=1S/C14H20ClNO/c1-16-8-7-12(10-3-4-10)13-9-11(15)5-6-14(13)17-2/h5-6,9-10,12,16H,3-4,7-8H2,1-2H3. The van der Waals surface area contributed by atoms with Gasteiger partial charge in [0.2, 0.25) is 0 Å². The Bertz CT molecular complexity index is 376. The van der Waals surface area contributed by atoms with Crippen LogP contribution in [0.15, 0.2) is 18.2 Å². The lowest BCUT2D eigenvalue weighted by Crippen LogP contribution is -2.14. The van der Waals surface area contributed by atoms with Gasteiger partial charge in [-0.15, -0.1) is 0 Å². The van der Waals surface area contributed by atoms with Crippen LogP contribution in [-0.4, -0.2) is 20.7 Å². The van der Waals surface area contributed by atoms with Gasteiger partial charge in [0, 0.05) is 5.02 Å². The summed E-state index contributed by atoms with van der Waals surface area (Å²) in [4.78, 5) is 0. The molecule has 17 heavy (non-hydrogen) atoms. The molecule has 0 saturated heterocycles. The summed E-state index contributed by atoms with van der Waals surface area (Å²) >= 11 is 6.11. The molecular formula is C14H20ClNO. The molecule has 1 aromatic carbocycles. The van der Waals surface area contributed by atoms with Crippen LogP contribution in [0.4, 0.5) is 0 Å². The SMILES string of the molecule is CNCCC(c1cc(Cl)ccc1OC)C1CC1. The molecule has 0 aromatic heterocycles. The van der Waals surface area contributed by atoms with Crippen molar-refractivity contribution in [2.45, 2.75) is 25.2 Å². The second-order valence-corrected chi connectivity index (χ2v) is 5.16. The minimum absolute atomic E-state index is 0.580. The largest absolute Gasteiger partial charge is 0.496 e. The number of hydrogen-bond donors (Lipinski definition) is 1. The molecule has 1 aromatic rings. The van der Waals surface area contributed by atoms with Gasteiger partial charge < -0.3 is 10.1 Å². The summed E-state index contributed by atoms with van der Waals surface area (Å²) in [5, 5.41) is 4.03. The molecule has 1 aliphatic carbocycles. The van der Waals surface area contributed by atoms with E-state index in [-0.39, 0.29) is 0 Å². The van der Waals surface area contributed by atoms with Crippen molar-refractivity contribution in [1.82, 2.24) is 5.32 Å². The van der Waals surface area contributed by atoms with Gasteiger partial charge in [-0.25, -0.2) is 0 Å². The Balaban J connectivity index is 2.23. The van der Waals surface area contributed by atoms with E-state index in [1.54, 1.807) is 7.11 Å². The maximum Gasteiger partial charge on any atom is 0.122 e. The van der Waals surface area contributed by atoms with Crippen LogP contribution in [0.2, 0.25) is 5.02 Å². The van der Waals surface area contributed by atoms with Crippen molar-refractivity contribution in [3.8, 4) is 5.75 Å². The van der Waals surface area contributed by atoms with Crippen LogP contribution in [0.3, 0.4) is 0 Å². The third kappa shape index (κ3) is 3.14. The number of hydrogen-bond acceptors (Lipinski definition) is 2. The van der Waals surface area contributed by atoms with E-state index in [9.17, 15) is 0 Å². The highest BCUT2D eigenvalue weighted by molar-refractivity contribution is 6.30. The Morgan fingerprint density at radius 3 is 2.82 bits per heavy atom.